The Balaban J connectivity index is 1.62. The van der Waals surface area contributed by atoms with Gasteiger partial charge < -0.3 is 20.6 Å². The van der Waals surface area contributed by atoms with E-state index in [0.29, 0.717) is 13.0 Å². The molecule has 3 amide bonds. The zero-order valence-electron chi connectivity index (χ0n) is 17.9. The van der Waals surface area contributed by atoms with Crippen LogP contribution in [0.25, 0.3) is 10.4 Å². The van der Waals surface area contributed by atoms with Crippen LogP contribution in [0.2, 0.25) is 0 Å². The van der Waals surface area contributed by atoms with Gasteiger partial charge in [0.2, 0.25) is 17.7 Å². The predicted molar refractivity (Wildman–Crippen MR) is 118 cm³/mol. The van der Waals surface area contributed by atoms with E-state index in [2.05, 4.69) is 15.6 Å². The van der Waals surface area contributed by atoms with Crippen LogP contribution in [0.1, 0.15) is 37.9 Å². The molecule has 0 spiro atoms. The van der Waals surface area contributed by atoms with Gasteiger partial charge in [-0.1, -0.05) is 31.2 Å². The zero-order chi connectivity index (χ0) is 22.5. The monoisotopic (exact) mass is 444 g/mol. The number of aliphatic hydroxyl groups excluding tert-OH is 1. The van der Waals surface area contributed by atoms with E-state index in [0.717, 1.165) is 21.7 Å². The maximum Gasteiger partial charge on any atom is 0.245 e. The summed E-state index contributed by atoms with van der Waals surface area (Å²) in [6.45, 7) is 5.50. The Morgan fingerprint density at radius 2 is 2.00 bits per heavy atom. The van der Waals surface area contributed by atoms with Crippen molar-refractivity contribution in [3.8, 4) is 10.4 Å². The van der Waals surface area contributed by atoms with Gasteiger partial charge in [-0.2, -0.15) is 0 Å². The number of aliphatic hydroxyl groups is 1. The molecule has 2 aromatic rings. The second kappa shape index (κ2) is 10.0. The van der Waals surface area contributed by atoms with E-state index in [4.69, 9.17) is 0 Å². The van der Waals surface area contributed by atoms with Crippen molar-refractivity contribution in [3.05, 3.63) is 41.0 Å². The summed E-state index contributed by atoms with van der Waals surface area (Å²) in [6.07, 6.45) is -0.181. The van der Waals surface area contributed by atoms with Gasteiger partial charge in [-0.3, -0.25) is 14.4 Å². The molecule has 9 heteroatoms. The predicted octanol–water partition coefficient (Wildman–Crippen LogP) is 1.61. The summed E-state index contributed by atoms with van der Waals surface area (Å²) in [5, 5.41) is 15.5. The third-order valence-corrected chi connectivity index (χ3v) is 6.35. The first-order valence-electron chi connectivity index (χ1n) is 10.3. The number of β-amino-alcohol motifs (C(OH)–C–C–N with tert-alkyl or cyclic N) is 1. The summed E-state index contributed by atoms with van der Waals surface area (Å²) in [5.41, 5.74) is 4.81. The molecule has 8 nitrogen and oxygen atoms in total. The highest BCUT2D eigenvalue weighted by atomic mass is 32.1. The maximum atomic E-state index is 12.8. The number of amides is 3. The second-order valence-corrected chi connectivity index (χ2v) is 8.59. The molecule has 1 fully saturated rings. The lowest BCUT2D eigenvalue weighted by Crippen LogP contribution is -2.53. The average molecular weight is 445 g/mol. The highest BCUT2D eigenvalue weighted by molar-refractivity contribution is 7.13. The number of rotatable bonds is 7. The van der Waals surface area contributed by atoms with E-state index < -0.39 is 18.2 Å². The molecule has 31 heavy (non-hydrogen) atoms. The van der Waals surface area contributed by atoms with E-state index in [1.165, 1.54) is 11.8 Å². The lowest BCUT2D eigenvalue weighted by Gasteiger charge is -2.27. The minimum absolute atomic E-state index is 0.0793. The van der Waals surface area contributed by atoms with Crippen LogP contribution < -0.4 is 10.6 Å². The fourth-order valence-electron chi connectivity index (χ4n) is 3.75. The molecule has 3 N–H and O–H groups in total. The summed E-state index contributed by atoms with van der Waals surface area (Å²) in [4.78, 5) is 43.8. The van der Waals surface area contributed by atoms with Gasteiger partial charge in [-0.15, -0.1) is 11.3 Å². The molecule has 3 atom stereocenters. The van der Waals surface area contributed by atoms with Crippen LogP contribution >= 0.6 is 11.3 Å². The molecule has 0 bridgehead atoms. The van der Waals surface area contributed by atoms with Gasteiger partial charge in [0.1, 0.15) is 12.1 Å². The van der Waals surface area contributed by atoms with Crippen LogP contribution in [-0.2, 0) is 20.9 Å². The van der Waals surface area contributed by atoms with Crippen LogP contribution in [0.4, 0.5) is 0 Å². The summed E-state index contributed by atoms with van der Waals surface area (Å²) in [6, 6.07) is 6.42. The number of nitrogens with one attached hydrogen (secondary N) is 2. The zero-order valence-corrected chi connectivity index (χ0v) is 18.7. The molecule has 1 saturated heterocycles. The lowest BCUT2D eigenvalue weighted by atomic mass is 10.1. The van der Waals surface area contributed by atoms with E-state index in [-0.39, 0.29) is 30.7 Å². The topological polar surface area (TPSA) is 112 Å². The van der Waals surface area contributed by atoms with E-state index in [1.807, 2.05) is 36.7 Å². The third-order valence-electron chi connectivity index (χ3n) is 5.38. The van der Waals surface area contributed by atoms with Crippen molar-refractivity contribution in [1.29, 1.82) is 0 Å². The summed E-state index contributed by atoms with van der Waals surface area (Å²) >= 11 is 1.59. The van der Waals surface area contributed by atoms with Crippen molar-refractivity contribution in [2.45, 2.75) is 58.3 Å². The Bertz CT molecular complexity index is 943. The maximum absolute atomic E-state index is 12.8. The van der Waals surface area contributed by atoms with E-state index in [1.54, 1.807) is 18.3 Å². The first kappa shape index (κ1) is 22.9. The number of aryl methyl sites for hydroxylation is 1. The minimum Gasteiger partial charge on any atom is -0.391 e. The Kier molecular flexibility index (Phi) is 7.40. The third kappa shape index (κ3) is 5.48. The lowest BCUT2D eigenvalue weighted by molar-refractivity contribution is -0.141. The molecule has 3 rings (SSSR count). The van der Waals surface area contributed by atoms with E-state index >= 15 is 0 Å². The second-order valence-electron chi connectivity index (χ2n) is 7.74. The highest BCUT2D eigenvalue weighted by Gasteiger charge is 2.40. The number of hydrogen-bond donors (Lipinski definition) is 3. The van der Waals surface area contributed by atoms with Crippen molar-refractivity contribution in [1.82, 2.24) is 20.5 Å². The molecular formula is C22H28N4O4S. The van der Waals surface area contributed by atoms with Crippen LogP contribution in [0.5, 0.6) is 0 Å². The molecule has 166 valence electrons. The smallest absolute Gasteiger partial charge is 0.245 e. The van der Waals surface area contributed by atoms with Gasteiger partial charge in [0, 0.05) is 26.4 Å². The number of thiazole rings is 1. The molecule has 1 aromatic carbocycles. The molecule has 1 aliphatic heterocycles. The number of nitrogens with zero attached hydrogens (tertiary/aromatic N) is 2. The largest absolute Gasteiger partial charge is 0.391 e. The Labute approximate surface area is 185 Å². The van der Waals surface area contributed by atoms with Gasteiger partial charge in [0.05, 0.1) is 22.2 Å². The molecule has 1 aliphatic rings. The van der Waals surface area contributed by atoms with Gasteiger partial charge >= 0.3 is 0 Å². The number of carbonyl (C=O) groups excluding carboxylic acids is 3. The van der Waals surface area contributed by atoms with Gasteiger partial charge in [-0.05, 0) is 24.5 Å². The first-order valence-corrected chi connectivity index (χ1v) is 11.2. The summed E-state index contributed by atoms with van der Waals surface area (Å²) in [5.74, 6) is -0.971. The normalized spacial score (nSPS) is 19.2. The molecule has 0 radical (unpaired) electrons. The molecule has 2 heterocycles. The van der Waals surface area contributed by atoms with Gasteiger partial charge in [0.25, 0.3) is 0 Å². The van der Waals surface area contributed by atoms with Crippen LogP contribution in [0.3, 0.4) is 0 Å². The standard InChI is InChI=1S/C22H28N4O4S/c1-4-18(25-14(3)27)22(30)26-11-17(28)9-19(26)21(29)23-10-15-5-7-16(8-6-15)20-13(2)24-12-31-20/h5-8,12,17-19,28H,4,9-11H2,1-3H3,(H,23,29)(H,25,27)/t17-,18?,19+/m1/s1. The molecular weight excluding hydrogens is 416 g/mol. The van der Waals surface area contributed by atoms with Crippen LogP contribution in [0, 0.1) is 6.92 Å². The Morgan fingerprint density at radius 1 is 1.29 bits per heavy atom. The Morgan fingerprint density at radius 3 is 2.58 bits per heavy atom. The molecule has 1 aromatic heterocycles. The summed E-state index contributed by atoms with van der Waals surface area (Å²) in [7, 11) is 0. The van der Waals surface area contributed by atoms with Crippen molar-refractivity contribution >= 4 is 29.1 Å². The van der Waals surface area contributed by atoms with Crippen molar-refractivity contribution in [3.63, 3.8) is 0 Å². The number of carbonyl (C=O) groups is 3. The molecule has 1 unspecified atom stereocenters. The average Bonchev–Trinajstić information content (AvgIpc) is 3.35. The highest BCUT2D eigenvalue weighted by Crippen LogP contribution is 2.27. The number of aromatic nitrogens is 1. The van der Waals surface area contributed by atoms with Gasteiger partial charge in [0.15, 0.2) is 0 Å². The van der Waals surface area contributed by atoms with Crippen LogP contribution in [-0.4, -0.2) is 57.4 Å². The van der Waals surface area contributed by atoms with E-state index in [9.17, 15) is 19.5 Å². The summed E-state index contributed by atoms with van der Waals surface area (Å²) < 4.78 is 0. The number of benzene rings is 1. The fourth-order valence-corrected chi connectivity index (χ4v) is 4.56. The van der Waals surface area contributed by atoms with Crippen molar-refractivity contribution in [2.75, 3.05) is 6.54 Å². The first-order chi connectivity index (χ1) is 14.8. The molecule has 0 aliphatic carbocycles. The number of likely N-dealkylation sites (tertiary alicyclic amines) is 1. The van der Waals surface area contributed by atoms with Crippen LogP contribution in [0.15, 0.2) is 29.8 Å². The SMILES string of the molecule is CCC(NC(C)=O)C(=O)N1C[C@H](O)C[C@H]1C(=O)NCc1ccc(-c2scnc2C)cc1. The van der Waals surface area contributed by atoms with Gasteiger partial charge in [-0.25, -0.2) is 4.98 Å². The molecule has 0 saturated carbocycles. The van der Waals surface area contributed by atoms with Crippen molar-refractivity contribution < 1.29 is 19.5 Å². The van der Waals surface area contributed by atoms with Crippen molar-refractivity contribution in [2.24, 2.45) is 0 Å². The Hall–Kier alpha value is -2.78. The number of hydrogen-bond acceptors (Lipinski definition) is 6. The minimum atomic E-state index is -0.767. The quantitative estimate of drug-likeness (QED) is 0.601. The fraction of sp³-hybridized carbons (Fsp3) is 0.455.